The van der Waals surface area contributed by atoms with Crippen LogP contribution in [-0.4, -0.2) is 112 Å². The van der Waals surface area contributed by atoms with Gasteiger partial charge in [-0.15, -0.1) is 0 Å². The minimum atomic E-state index is -4.26. The van der Waals surface area contributed by atoms with Crippen LogP contribution in [0.5, 0.6) is 11.5 Å². The summed E-state index contributed by atoms with van der Waals surface area (Å²) in [6.45, 7) is 42.4. The molecule has 0 spiro atoms. The second kappa shape index (κ2) is 36.3. The quantitative estimate of drug-likeness (QED) is 0.0519. The first kappa shape index (κ1) is 96.8. The number of carboxylic acids is 2. The van der Waals surface area contributed by atoms with Gasteiger partial charge < -0.3 is 58.6 Å². The molecule has 8 aromatic rings. The lowest BCUT2D eigenvalue weighted by molar-refractivity contribution is -0.519. The molecule has 8 aliphatic rings. The van der Waals surface area contributed by atoms with E-state index < -0.39 is 52.8 Å². The standard InChI is InChI=1S/C37H45N2O5P.C33H33N2O5P.C27H31N2O2P.5CH4/c1-9-38-30-17-32-28(15-26(30)22(3)19-36(38,5)6)35(24-11-13-25(14-12-24)44-21-34(40)41)29-16-27-23(4)20-37(7,8)39(10-2)31(27)18-33(29)45(32,42)43;1-18-15-32(3,4)34-26-13-28-24(11-22(18)26)31(20-7-9-21(10-8-20)40-17-30(36)37)25-12-23-19(2)16-33(5,6)35-27(23)14-29(25)41(28,38)39;1-5-28(6-2)21-14-16-23-25(18-21)32(30,31)26-19-22(29(7-3)8-4)15-17-24(26)27(23)20-12-10-9-11-13-20;;;;;/h11-18,22-23H,9-10,19-21H2,1-8H3,(H-,40,41,42,43);7-16,34H,17H2,1-6H3,(H,36,37)(H,38,39);9-19H,5-8H2,1-4H3;5*1H4. The third-order valence-electron chi connectivity index (χ3n) is 24.6. The van der Waals surface area contributed by atoms with Crippen LogP contribution < -0.4 is 86.6 Å². The van der Waals surface area contributed by atoms with Gasteiger partial charge in [0.15, 0.2) is 18.8 Å². The molecule has 0 fully saturated rings. The largest absolute Gasteiger partial charge is 0.793 e. The lowest BCUT2D eigenvalue weighted by Crippen LogP contribution is -2.55. The lowest BCUT2D eigenvalue weighted by Gasteiger charge is -2.48. The summed E-state index contributed by atoms with van der Waals surface area (Å²) in [5.41, 5.74) is 17.6. The highest BCUT2D eigenvalue weighted by atomic mass is 31.2. The van der Waals surface area contributed by atoms with Gasteiger partial charge in [0.2, 0.25) is 11.1 Å². The minimum absolute atomic E-state index is 0. The van der Waals surface area contributed by atoms with Crippen LogP contribution in [0.4, 0.5) is 17.1 Å². The number of anilines is 3. The molecule has 21 heteroatoms. The maximum Gasteiger partial charge on any atom is 0.341 e. The molecule has 18 nitrogen and oxygen atoms in total. The number of rotatable bonds is 16. The van der Waals surface area contributed by atoms with Gasteiger partial charge in [-0.25, -0.2) is 18.7 Å². The number of hydrogen-bond acceptors (Lipinski definition) is 13. The summed E-state index contributed by atoms with van der Waals surface area (Å²) in [6.07, 6.45) is 12.1. The van der Waals surface area contributed by atoms with E-state index in [9.17, 15) is 38.0 Å². The van der Waals surface area contributed by atoms with Crippen LogP contribution in [0.3, 0.4) is 0 Å². The zero-order valence-electron chi connectivity index (χ0n) is 71.1. The number of allylic oxidation sites excluding steroid dienone is 7. The van der Waals surface area contributed by atoms with Crippen LogP contribution in [-0.2, 0) is 23.3 Å². The first-order chi connectivity index (χ1) is 55.7. The number of fused-ring (bicyclic) bond motifs is 10. The van der Waals surface area contributed by atoms with Crippen molar-refractivity contribution in [2.24, 2.45) is 4.99 Å². The van der Waals surface area contributed by atoms with Gasteiger partial charge in [0, 0.05) is 105 Å². The van der Waals surface area contributed by atoms with Crippen molar-refractivity contribution in [3.8, 4) is 11.5 Å². The van der Waals surface area contributed by atoms with Crippen LogP contribution in [0.15, 0.2) is 192 Å². The molecule has 5 atom stereocenters. The molecule has 16 rings (SSSR count). The average molecular weight is 1720 g/mol. The molecule has 0 saturated carbocycles. The zero-order chi connectivity index (χ0) is 85.0. The Morgan fingerprint density at radius 1 is 0.585 bits per heavy atom. The Hall–Kier alpha value is -10.0. The topological polar surface area (TPSA) is 248 Å². The van der Waals surface area contributed by atoms with E-state index in [1.807, 2.05) is 130 Å². The Bertz CT molecular complexity index is 6160. The van der Waals surface area contributed by atoms with Crippen molar-refractivity contribution in [2.45, 2.75) is 209 Å². The molecule has 8 aromatic carbocycles. The van der Waals surface area contributed by atoms with Crippen molar-refractivity contribution in [3.63, 3.8) is 0 Å². The van der Waals surface area contributed by atoms with Gasteiger partial charge in [0.25, 0.3) is 7.37 Å². The molecule has 0 saturated heterocycles. The Balaban J connectivity index is 0.000000208. The van der Waals surface area contributed by atoms with E-state index in [-0.39, 0.29) is 65.6 Å². The van der Waals surface area contributed by atoms with Gasteiger partial charge in [-0.3, -0.25) is 9.56 Å². The maximum atomic E-state index is 14.8. The molecule has 123 heavy (non-hydrogen) atoms. The van der Waals surface area contributed by atoms with Gasteiger partial charge in [-0.2, -0.15) is 0 Å². The van der Waals surface area contributed by atoms with Crippen LogP contribution in [0, 0.1) is 0 Å². The number of aliphatic carboxylic acids is 2. The summed E-state index contributed by atoms with van der Waals surface area (Å²) in [5, 5.41) is 27.1. The highest BCUT2D eigenvalue weighted by Crippen LogP contribution is 2.58. The smallest absolute Gasteiger partial charge is 0.341 e. The van der Waals surface area contributed by atoms with Crippen molar-refractivity contribution < 1.29 is 62.2 Å². The van der Waals surface area contributed by atoms with Crippen LogP contribution in [0.2, 0.25) is 0 Å². The summed E-state index contributed by atoms with van der Waals surface area (Å²) in [7, 11) is -12.3. The fourth-order valence-corrected chi connectivity index (χ4v) is 25.2. The molecule has 0 amide bonds. The number of ether oxygens (including phenoxy) is 2. The maximum absolute atomic E-state index is 14.8. The first-order valence-corrected chi connectivity index (χ1v) is 46.1. The first-order valence-electron chi connectivity index (χ1n) is 41.2. The van der Waals surface area contributed by atoms with E-state index in [4.69, 9.17) is 24.7 Å². The molecular formula is C102H129N6O12P3. The minimum Gasteiger partial charge on any atom is -0.793 e. The second-order valence-corrected chi connectivity index (χ2v) is 40.8. The van der Waals surface area contributed by atoms with Crippen LogP contribution in [0.1, 0.15) is 242 Å². The molecule has 7 aliphatic heterocycles. The normalized spacial score (nSPS) is 21.0. The molecule has 4 N–H and O–H groups in total. The summed E-state index contributed by atoms with van der Waals surface area (Å²) < 4.78 is 58.6. The molecule has 0 radical (unpaired) electrons. The van der Waals surface area contributed by atoms with E-state index in [2.05, 4.69) is 165 Å². The van der Waals surface area contributed by atoms with E-state index in [0.717, 1.165) is 158 Å². The number of benzene rings is 8. The number of hydrogen-bond donors (Lipinski definition) is 4. The Morgan fingerprint density at radius 2 is 1.14 bits per heavy atom. The molecular weight excluding hydrogens is 1590 g/mol. The fraction of sp³-hybridized carbons (Fsp3) is 0.382. The third kappa shape index (κ3) is 17.8. The van der Waals surface area contributed by atoms with Gasteiger partial charge in [-0.05, 0) is 297 Å². The van der Waals surface area contributed by atoms with E-state index in [0.29, 0.717) is 59.5 Å². The van der Waals surface area contributed by atoms with Crippen LogP contribution in [0.25, 0.3) is 27.9 Å². The monoisotopic (exact) mass is 1720 g/mol. The zero-order valence-corrected chi connectivity index (χ0v) is 73.7. The SMILES string of the molecule is C.C.C.C.C.CC1=CC(C)(C)Nc2cc3c(cc21)C(c1ccc(OCC(=O)O)cc1)=c1cc2c(cc1P3(=O)O)=NC(C)(C)C=C2C.CCN(CC)c1ccc2c(c1)P(=O)([O-])C1=CC(=[N+](CC)CC)C=CC1=C2c1ccccc1.CCN1c2cc3c(cc2C(C)CC1(C)C)C(c1ccc(OCC(=O)O)cc1)=c1cc2c(cc1P3(=O)[O-])=[N+](CC)C(C)(C)CC2C. The van der Waals surface area contributed by atoms with Gasteiger partial charge in [0.1, 0.15) is 31.1 Å². The van der Waals surface area contributed by atoms with E-state index in [1.54, 1.807) is 30.3 Å². The predicted molar refractivity (Wildman–Crippen MR) is 509 cm³/mol. The second-order valence-electron chi connectivity index (χ2n) is 34.6. The van der Waals surface area contributed by atoms with Gasteiger partial charge in [0.05, 0.1) is 41.8 Å². The number of carboxylic acid groups (broad SMARTS) is 2. The van der Waals surface area contributed by atoms with Crippen molar-refractivity contribution >= 4 is 111 Å². The predicted octanol–water partition coefficient (Wildman–Crippen LogP) is 16.3. The van der Waals surface area contributed by atoms with Crippen molar-refractivity contribution in [1.29, 1.82) is 0 Å². The number of carbonyl (C=O) groups is 2. The van der Waals surface area contributed by atoms with Gasteiger partial charge >= 0.3 is 11.9 Å². The van der Waals surface area contributed by atoms with Crippen molar-refractivity contribution in [2.75, 3.05) is 67.6 Å². The van der Waals surface area contributed by atoms with Crippen LogP contribution >= 0.6 is 22.1 Å². The lowest BCUT2D eigenvalue weighted by atomic mass is 9.78. The van der Waals surface area contributed by atoms with E-state index in [1.165, 1.54) is 11.1 Å². The molecule has 1 aliphatic carbocycles. The van der Waals surface area contributed by atoms with Gasteiger partial charge in [-0.1, -0.05) is 124 Å². The molecule has 0 aromatic heterocycles. The molecule has 5 unspecified atom stereocenters. The summed E-state index contributed by atoms with van der Waals surface area (Å²) in [5.74, 6) is -0.695. The fourth-order valence-electron chi connectivity index (χ4n) is 19.6. The van der Waals surface area contributed by atoms with Crippen molar-refractivity contribution in [1.82, 2.24) is 4.58 Å². The Kier molecular flexibility index (Phi) is 28.5. The highest BCUT2D eigenvalue weighted by Gasteiger charge is 2.44. The summed E-state index contributed by atoms with van der Waals surface area (Å²) in [6, 6.07) is 46.3. The summed E-state index contributed by atoms with van der Waals surface area (Å²) in [4.78, 5) is 72.2. The van der Waals surface area contributed by atoms with Crippen molar-refractivity contribution in [3.05, 3.63) is 264 Å². The third-order valence-corrected chi connectivity index (χ3v) is 30.6. The average Bonchev–Trinajstić information content (AvgIpc) is 0.709. The van der Waals surface area contributed by atoms with E-state index >= 15 is 0 Å². The summed E-state index contributed by atoms with van der Waals surface area (Å²) >= 11 is 0. The number of nitrogens with one attached hydrogen (secondary N) is 1. The molecule has 654 valence electrons. The molecule has 0 bridgehead atoms. The number of nitrogens with zero attached hydrogens (tertiary/aromatic N) is 5. The highest BCUT2D eigenvalue weighted by molar-refractivity contribution is 7.74. The Morgan fingerprint density at radius 3 is 1.70 bits per heavy atom. The Labute approximate surface area is 730 Å². The molecule has 7 heterocycles.